The molecule has 2 aromatic rings. The number of nitrogens with zero attached hydrogens (tertiary/aromatic N) is 2. The van der Waals surface area contributed by atoms with Gasteiger partial charge < -0.3 is 14.4 Å². The highest BCUT2D eigenvalue weighted by Crippen LogP contribution is 2.29. The first-order chi connectivity index (χ1) is 12.2. The molecule has 0 saturated carbocycles. The van der Waals surface area contributed by atoms with Crippen LogP contribution in [0.25, 0.3) is 0 Å². The zero-order valence-electron chi connectivity index (χ0n) is 14.5. The first-order valence-electron chi connectivity index (χ1n) is 8.08. The summed E-state index contributed by atoms with van der Waals surface area (Å²) >= 11 is 7.28. The molecule has 0 unspecified atom stereocenters. The van der Waals surface area contributed by atoms with Crippen molar-refractivity contribution in [2.24, 2.45) is 0 Å². The van der Waals surface area contributed by atoms with Gasteiger partial charge in [0.2, 0.25) is 0 Å². The van der Waals surface area contributed by atoms with E-state index in [9.17, 15) is 0 Å². The van der Waals surface area contributed by atoms with Crippen molar-refractivity contribution in [1.29, 1.82) is 0 Å². The van der Waals surface area contributed by atoms with E-state index < -0.39 is 0 Å². The molecule has 3 rings (SSSR count). The second-order valence-electron chi connectivity index (χ2n) is 5.88. The van der Waals surface area contributed by atoms with Gasteiger partial charge in [-0.15, -0.1) is 0 Å². The highest BCUT2D eigenvalue weighted by molar-refractivity contribution is 8.22. The Balaban J connectivity index is 1.67. The minimum absolute atomic E-state index is 0.743. The van der Waals surface area contributed by atoms with Gasteiger partial charge in [-0.05, 0) is 23.3 Å². The number of thiocarbonyl (C=S) groups is 1. The predicted molar refractivity (Wildman–Crippen MR) is 107 cm³/mol. The topological polar surface area (TPSA) is 24.9 Å². The van der Waals surface area contributed by atoms with Crippen molar-refractivity contribution in [2.75, 3.05) is 26.8 Å². The minimum atomic E-state index is 0.743. The monoisotopic (exact) mass is 374 g/mol. The van der Waals surface area contributed by atoms with Crippen molar-refractivity contribution >= 4 is 28.3 Å². The third-order valence-electron chi connectivity index (χ3n) is 4.07. The molecule has 1 fully saturated rings. The number of ether oxygens (including phenoxy) is 2. The maximum absolute atomic E-state index is 5.56. The summed E-state index contributed by atoms with van der Waals surface area (Å²) in [5, 5.41) is 0. The van der Waals surface area contributed by atoms with Crippen LogP contribution in [0.2, 0.25) is 0 Å². The van der Waals surface area contributed by atoms with E-state index in [2.05, 4.69) is 40.1 Å². The highest BCUT2D eigenvalue weighted by Gasteiger charge is 2.22. The van der Waals surface area contributed by atoms with Gasteiger partial charge in [-0.1, -0.05) is 60.4 Å². The predicted octanol–water partition coefficient (Wildman–Crippen LogP) is 3.95. The standard InChI is InChI=1S/C19H22N2O2S2/c1-22-17-9-8-16(10-18(17)23-2)12-21-13-20(14-25-19(21)24)11-15-6-4-3-5-7-15/h3-10H,11-14H2,1-2H3. The number of methoxy groups -OCH3 is 2. The van der Waals surface area contributed by atoms with Gasteiger partial charge in [0.05, 0.1) is 26.8 Å². The van der Waals surface area contributed by atoms with Crippen molar-refractivity contribution in [1.82, 2.24) is 9.80 Å². The summed E-state index contributed by atoms with van der Waals surface area (Å²) in [6.07, 6.45) is 0. The number of hydrogen-bond donors (Lipinski definition) is 0. The molecular formula is C19H22N2O2S2. The fourth-order valence-electron chi connectivity index (χ4n) is 2.83. The lowest BCUT2D eigenvalue weighted by atomic mass is 10.2. The second kappa shape index (κ2) is 8.56. The summed E-state index contributed by atoms with van der Waals surface area (Å²) in [7, 11) is 3.31. The van der Waals surface area contributed by atoms with E-state index in [1.165, 1.54) is 5.56 Å². The molecule has 0 bridgehead atoms. The van der Waals surface area contributed by atoms with E-state index in [0.29, 0.717) is 0 Å². The zero-order chi connectivity index (χ0) is 17.6. The molecule has 0 N–H and O–H groups in total. The van der Waals surface area contributed by atoms with Crippen molar-refractivity contribution in [3.05, 3.63) is 59.7 Å². The molecule has 132 valence electrons. The summed E-state index contributed by atoms with van der Waals surface area (Å²) in [6, 6.07) is 16.6. The lowest BCUT2D eigenvalue weighted by Crippen LogP contribution is -2.43. The molecule has 0 amide bonds. The van der Waals surface area contributed by atoms with Crippen LogP contribution in [0.5, 0.6) is 11.5 Å². The molecule has 2 aromatic carbocycles. The number of hydrogen-bond acceptors (Lipinski definition) is 5. The molecule has 1 saturated heterocycles. The maximum Gasteiger partial charge on any atom is 0.161 e. The van der Waals surface area contributed by atoms with Crippen molar-refractivity contribution in [3.8, 4) is 11.5 Å². The van der Waals surface area contributed by atoms with Crippen LogP contribution < -0.4 is 9.47 Å². The maximum atomic E-state index is 5.56. The Bertz CT molecular complexity index is 725. The van der Waals surface area contributed by atoms with Crippen LogP contribution in [-0.2, 0) is 13.1 Å². The average Bonchev–Trinajstić information content (AvgIpc) is 2.65. The Kier molecular flexibility index (Phi) is 6.18. The Morgan fingerprint density at radius 1 is 0.960 bits per heavy atom. The normalized spacial score (nSPS) is 15.3. The highest BCUT2D eigenvalue weighted by atomic mass is 32.2. The molecule has 0 aromatic heterocycles. The molecule has 1 heterocycles. The summed E-state index contributed by atoms with van der Waals surface area (Å²) in [4.78, 5) is 4.63. The molecule has 0 spiro atoms. The van der Waals surface area contributed by atoms with Gasteiger partial charge >= 0.3 is 0 Å². The summed E-state index contributed by atoms with van der Waals surface area (Å²) in [6.45, 7) is 2.52. The van der Waals surface area contributed by atoms with Crippen LogP contribution in [0.4, 0.5) is 0 Å². The Morgan fingerprint density at radius 3 is 2.44 bits per heavy atom. The average molecular weight is 375 g/mol. The van der Waals surface area contributed by atoms with Crippen LogP contribution in [0, 0.1) is 0 Å². The quantitative estimate of drug-likeness (QED) is 0.710. The van der Waals surface area contributed by atoms with E-state index >= 15 is 0 Å². The SMILES string of the molecule is COc1ccc(CN2CN(Cc3ccccc3)CSC2=S)cc1OC. The van der Waals surface area contributed by atoms with Gasteiger partial charge in [-0.2, -0.15) is 0 Å². The molecule has 25 heavy (non-hydrogen) atoms. The molecule has 1 aliphatic heterocycles. The molecule has 0 radical (unpaired) electrons. The van der Waals surface area contributed by atoms with Crippen LogP contribution in [0.3, 0.4) is 0 Å². The van der Waals surface area contributed by atoms with Crippen molar-refractivity contribution in [2.45, 2.75) is 13.1 Å². The van der Waals surface area contributed by atoms with Crippen molar-refractivity contribution < 1.29 is 9.47 Å². The fraction of sp³-hybridized carbons (Fsp3) is 0.316. The molecular weight excluding hydrogens is 352 g/mol. The van der Waals surface area contributed by atoms with E-state index in [0.717, 1.165) is 47.0 Å². The lowest BCUT2D eigenvalue weighted by Gasteiger charge is -2.36. The van der Waals surface area contributed by atoms with Crippen LogP contribution in [0.15, 0.2) is 48.5 Å². The summed E-state index contributed by atoms with van der Waals surface area (Å²) in [5.41, 5.74) is 2.48. The van der Waals surface area contributed by atoms with E-state index in [-0.39, 0.29) is 0 Å². The van der Waals surface area contributed by atoms with Crippen molar-refractivity contribution in [3.63, 3.8) is 0 Å². The zero-order valence-corrected chi connectivity index (χ0v) is 16.1. The molecule has 4 nitrogen and oxygen atoms in total. The van der Waals surface area contributed by atoms with E-state index in [1.54, 1.807) is 26.0 Å². The molecule has 0 atom stereocenters. The first kappa shape index (κ1) is 18.0. The van der Waals surface area contributed by atoms with Gasteiger partial charge in [0, 0.05) is 13.1 Å². The largest absolute Gasteiger partial charge is 0.493 e. The Labute approximate surface area is 158 Å². The minimum Gasteiger partial charge on any atom is -0.493 e. The van der Waals surface area contributed by atoms with E-state index in [4.69, 9.17) is 21.7 Å². The van der Waals surface area contributed by atoms with Gasteiger partial charge in [-0.25, -0.2) is 0 Å². The van der Waals surface area contributed by atoms with Crippen LogP contribution in [0.1, 0.15) is 11.1 Å². The Morgan fingerprint density at radius 2 is 1.72 bits per heavy atom. The second-order valence-corrected chi connectivity index (χ2v) is 7.46. The van der Waals surface area contributed by atoms with E-state index in [1.807, 2.05) is 18.2 Å². The number of benzene rings is 2. The molecule has 6 heteroatoms. The molecule has 0 aliphatic carbocycles. The lowest BCUT2D eigenvalue weighted by molar-refractivity contribution is 0.201. The van der Waals surface area contributed by atoms with Gasteiger partial charge in [0.15, 0.2) is 11.5 Å². The number of rotatable bonds is 6. The van der Waals surface area contributed by atoms with Gasteiger partial charge in [0.25, 0.3) is 0 Å². The Hall–Kier alpha value is -1.76. The number of thioether (sulfide) groups is 1. The first-order valence-corrected chi connectivity index (χ1v) is 9.48. The summed E-state index contributed by atoms with van der Waals surface area (Å²) in [5.74, 6) is 2.42. The smallest absolute Gasteiger partial charge is 0.161 e. The van der Waals surface area contributed by atoms with Crippen LogP contribution >= 0.6 is 24.0 Å². The van der Waals surface area contributed by atoms with Gasteiger partial charge in [0.1, 0.15) is 4.32 Å². The fourth-order valence-corrected chi connectivity index (χ4v) is 3.88. The van der Waals surface area contributed by atoms with Gasteiger partial charge in [-0.3, -0.25) is 4.90 Å². The summed E-state index contributed by atoms with van der Waals surface area (Å²) < 4.78 is 11.7. The third-order valence-corrected chi connectivity index (χ3v) is 5.68. The third kappa shape index (κ3) is 4.66. The molecule has 1 aliphatic rings. The van der Waals surface area contributed by atoms with Crippen LogP contribution in [-0.4, -0.2) is 40.9 Å².